The number of aryl methyl sites for hydroxylation is 1. The molecular formula is C16H18N6O2S. The molecule has 25 heavy (non-hydrogen) atoms. The maximum atomic E-state index is 12.3. The van der Waals surface area contributed by atoms with Crippen molar-refractivity contribution in [3.8, 4) is 0 Å². The Bertz CT molecular complexity index is 992. The van der Waals surface area contributed by atoms with E-state index in [0.29, 0.717) is 13.2 Å². The first kappa shape index (κ1) is 15.2. The molecule has 8 nitrogen and oxygen atoms in total. The van der Waals surface area contributed by atoms with Crippen LogP contribution < -0.4 is 5.56 Å². The van der Waals surface area contributed by atoms with Gasteiger partial charge in [-0.3, -0.25) is 14.1 Å². The number of thiazole rings is 1. The van der Waals surface area contributed by atoms with Crippen LogP contribution in [-0.2, 0) is 17.9 Å². The van der Waals surface area contributed by atoms with Crippen molar-refractivity contribution in [3.05, 3.63) is 45.1 Å². The van der Waals surface area contributed by atoms with Crippen molar-refractivity contribution < 1.29 is 4.74 Å². The molecule has 5 heterocycles. The summed E-state index contributed by atoms with van der Waals surface area (Å²) in [5.41, 5.74) is 1.83. The van der Waals surface area contributed by atoms with Crippen molar-refractivity contribution in [2.75, 3.05) is 13.1 Å². The lowest BCUT2D eigenvalue weighted by molar-refractivity contribution is -0.0671. The Labute approximate surface area is 147 Å². The molecule has 3 aromatic rings. The van der Waals surface area contributed by atoms with Crippen molar-refractivity contribution in [2.45, 2.75) is 38.6 Å². The average Bonchev–Trinajstić information content (AvgIpc) is 3.21. The van der Waals surface area contributed by atoms with Crippen LogP contribution in [0.1, 0.15) is 28.7 Å². The summed E-state index contributed by atoms with van der Waals surface area (Å²) in [5, 5.41) is 8.24. The Hall–Kier alpha value is -2.10. The molecule has 130 valence electrons. The molecule has 5 rings (SSSR count). The van der Waals surface area contributed by atoms with Gasteiger partial charge in [-0.1, -0.05) is 5.21 Å². The van der Waals surface area contributed by atoms with Gasteiger partial charge < -0.3 is 4.74 Å². The van der Waals surface area contributed by atoms with Gasteiger partial charge in [-0.25, -0.2) is 9.67 Å². The molecule has 1 saturated heterocycles. The predicted octanol–water partition coefficient (Wildman–Crippen LogP) is 1.00. The van der Waals surface area contributed by atoms with Gasteiger partial charge in [0.15, 0.2) is 4.96 Å². The van der Waals surface area contributed by atoms with Crippen LogP contribution in [0.15, 0.2) is 23.3 Å². The number of fused-ring (bicyclic) bond motifs is 4. The van der Waals surface area contributed by atoms with E-state index in [0.717, 1.165) is 40.7 Å². The summed E-state index contributed by atoms with van der Waals surface area (Å²) in [6.07, 6.45) is 4.75. The smallest absolute Gasteiger partial charge is 0.258 e. The molecule has 2 atom stereocenters. The molecule has 2 aliphatic rings. The first-order valence-corrected chi connectivity index (χ1v) is 9.21. The SMILES string of the molecule is Cc1cn2c(=O)cc(CN3CC[C@@H]4OCc5cnnn5[C@H]4C3)nc2s1. The Morgan fingerprint density at radius 1 is 1.44 bits per heavy atom. The summed E-state index contributed by atoms with van der Waals surface area (Å²) in [7, 11) is 0. The second-order valence-electron chi connectivity index (χ2n) is 6.69. The molecule has 0 amide bonds. The van der Waals surface area contributed by atoms with Crippen LogP contribution in [0.3, 0.4) is 0 Å². The molecule has 0 N–H and O–H groups in total. The number of aromatic nitrogens is 5. The third-order valence-electron chi connectivity index (χ3n) is 4.93. The monoisotopic (exact) mass is 358 g/mol. The summed E-state index contributed by atoms with van der Waals surface area (Å²) < 4.78 is 9.56. The quantitative estimate of drug-likeness (QED) is 0.680. The zero-order valence-electron chi connectivity index (χ0n) is 13.8. The summed E-state index contributed by atoms with van der Waals surface area (Å²) >= 11 is 1.54. The normalized spacial score (nSPS) is 23.6. The summed E-state index contributed by atoms with van der Waals surface area (Å²) in [4.78, 5) is 21.1. The van der Waals surface area contributed by atoms with Crippen molar-refractivity contribution in [3.63, 3.8) is 0 Å². The molecule has 0 unspecified atom stereocenters. The molecule has 0 spiro atoms. The Balaban J connectivity index is 1.40. The molecule has 3 aromatic heterocycles. The number of nitrogens with zero attached hydrogens (tertiary/aromatic N) is 6. The highest BCUT2D eigenvalue weighted by atomic mass is 32.1. The van der Waals surface area contributed by atoms with E-state index >= 15 is 0 Å². The molecule has 0 aliphatic carbocycles. The topological polar surface area (TPSA) is 77.5 Å². The number of ether oxygens (including phenoxy) is 1. The van der Waals surface area contributed by atoms with Gasteiger partial charge in [0.2, 0.25) is 0 Å². The van der Waals surface area contributed by atoms with Crippen molar-refractivity contribution in [1.29, 1.82) is 0 Å². The van der Waals surface area contributed by atoms with E-state index in [2.05, 4.69) is 20.2 Å². The van der Waals surface area contributed by atoms with E-state index in [1.54, 1.807) is 28.0 Å². The Morgan fingerprint density at radius 3 is 3.28 bits per heavy atom. The van der Waals surface area contributed by atoms with Crippen LogP contribution in [0.25, 0.3) is 4.96 Å². The molecule has 0 saturated carbocycles. The van der Waals surface area contributed by atoms with E-state index < -0.39 is 0 Å². The number of hydrogen-bond acceptors (Lipinski definition) is 7. The van der Waals surface area contributed by atoms with Gasteiger partial charge in [0.05, 0.1) is 36.3 Å². The van der Waals surface area contributed by atoms with Crippen LogP contribution in [0.4, 0.5) is 0 Å². The third-order valence-corrected chi connectivity index (χ3v) is 5.83. The first-order chi connectivity index (χ1) is 12.2. The molecule has 0 aromatic carbocycles. The Morgan fingerprint density at radius 2 is 2.36 bits per heavy atom. The maximum absolute atomic E-state index is 12.3. The number of rotatable bonds is 2. The van der Waals surface area contributed by atoms with Gasteiger partial charge in [-0.15, -0.1) is 16.4 Å². The zero-order valence-corrected chi connectivity index (χ0v) is 14.6. The van der Waals surface area contributed by atoms with Gasteiger partial charge in [0, 0.05) is 36.8 Å². The fourth-order valence-electron chi connectivity index (χ4n) is 3.76. The second-order valence-corrected chi connectivity index (χ2v) is 7.90. The van der Waals surface area contributed by atoms with Crippen LogP contribution in [0, 0.1) is 6.92 Å². The van der Waals surface area contributed by atoms with E-state index in [4.69, 9.17) is 4.74 Å². The van der Waals surface area contributed by atoms with E-state index in [9.17, 15) is 4.79 Å². The van der Waals surface area contributed by atoms with Crippen molar-refractivity contribution in [2.24, 2.45) is 0 Å². The van der Waals surface area contributed by atoms with Crippen LogP contribution in [-0.4, -0.2) is 48.5 Å². The minimum absolute atomic E-state index is 0.0150. The fraction of sp³-hybridized carbons (Fsp3) is 0.500. The van der Waals surface area contributed by atoms with Gasteiger partial charge in [-0.2, -0.15) is 0 Å². The minimum Gasteiger partial charge on any atom is -0.370 e. The molecule has 9 heteroatoms. The lowest BCUT2D eigenvalue weighted by Gasteiger charge is -2.40. The molecule has 1 fully saturated rings. The van der Waals surface area contributed by atoms with Crippen molar-refractivity contribution >= 4 is 16.3 Å². The van der Waals surface area contributed by atoms with E-state index in [-0.39, 0.29) is 17.7 Å². The third kappa shape index (κ3) is 2.59. The highest BCUT2D eigenvalue weighted by Crippen LogP contribution is 2.30. The number of piperidine rings is 1. The lowest BCUT2D eigenvalue weighted by Crippen LogP contribution is -2.47. The van der Waals surface area contributed by atoms with Gasteiger partial charge in [-0.05, 0) is 13.3 Å². The minimum atomic E-state index is -0.0150. The summed E-state index contributed by atoms with van der Waals surface area (Å²) in [6, 6.07) is 1.82. The van der Waals surface area contributed by atoms with Gasteiger partial charge in [0.1, 0.15) is 0 Å². The number of likely N-dealkylation sites (tertiary alicyclic amines) is 1. The van der Waals surface area contributed by atoms with Crippen LogP contribution >= 0.6 is 11.3 Å². The highest BCUT2D eigenvalue weighted by Gasteiger charge is 2.36. The average molecular weight is 358 g/mol. The Kier molecular flexibility index (Phi) is 3.47. The molecule has 0 radical (unpaired) electrons. The van der Waals surface area contributed by atoms with Crippen molar-refractivity contribution in [1.82, 2.24) is 29.3 Å². The number of hydrogen-bond donors (Lipinski definition) is 0. The predicted molar refractivity (Wildman–Crippen MR) is 91.6 cm³/mol. The summed E-state index contributed by atoms with van der Waals surface area (Å²) in [6.45, 7) is 4.99. The highest BCUT2D eigenvalue weighted by molar-refractivity contribution is 7.16. The molecular weight excluding hydrogens is 340 g/mol. The lowest BCUT2D eigenvalue weighted by atomic mass is 10.0. The largest absolute Gasteiger partial charge is 0.370 e. The maximum Gasteiger partial charge on any atom is 0.258 e. The van der Waals surface area contributed by atoms with E-state index in [1.165, 1.54) is 0 Å². The summed E-state index contributed by atoms with van der Waals surface area (Å²) in [5.74, 6) is 0. The van der Waals surface area contributed by atoms with Gasteiger partial charge in [0.25, 0.3) is 5.56 Å². The van der Waals surface area contributed by atoms with Gasteiger partial charge >= 0.3 is 0 Å². The van der Waals surface area contributed by atoms with Crippen LogP contribution in [0.5, 0.6) is 0 Å². The van der Waals surface area contributed by atoms with Crippen LogP contribution in [0.2, 0.25) is 0 Å². The first-order valence-electron chi connectivity index (χ1n) is 8.39. The molecule has 2 aliphatic heterocycles. The zero-order chi connectivity index (χ0) is 17.0. The standard InChI is InChI=1S/C16H18N6O2S/c1-10-6-21-15(23)4-11(18-16(21)25-10)7-20-3-2-14-13(8-20)22-12(9-24-14)5-17-19-22/h4-6,13-14H,2-3,7-9H2,1H3/t13-,14-/m0/s1. The fourth-order valence-corrected chi connectivity index (χ4v) is 4.61. The van der Waals surface area contributed by atoms with E-state index in [1.807, 2.05) is 17.8 Å². The second kappa shape index (κ2) is 5.72. The molecule has 0 bridgehead atoms.